The fourth-order valence-electron chi connectivity index (χ4n) is 4.18. The number of hydrogen-bond donors (Lipinski definition) is 1. The SMILES string of the molecule is C[C@@H]1CCCN(Cc2c(O)ccc3c(=O)c(-c4ccccc4)c(C(F)(F)F)oc23)C1. The number of benzene rings is 2. The van der Waals surface area contributed by atoms with Crippen LogP contribution in [0.3, 0.4) is 0 Å². The maximum atomic E-state index is 13.9. The predicted molar refractivity (Wildman–Crippen MR) is 108 cm³/mol. The lowest BCUT2D eigenvalue weighted by molar-refractivity contribution is -0.152. The molecule has 0 aliphatic carbocycles. The molecule has 3 aromatic rings. The molecule has 0 saturated carbocycles. The molecule has 1 aliphatic rings. The first-order valence-electron chi connectivity index (χ1n) is 9.92. The van der Waals surface area contributed by atoms with E-state index in [9.17, 15) is 23.1 Å². The normalized spacial score (nSPS) is 18.1. The Bertz CT molecular complexity index is 1120. The van der Waals surface area contributed by atoms with Gasteiger partial charge in [-0.15, -0.1) is 0 Å². The van der Waals surface area contributed by atoms with Crippen LogP contribution in [-0.2, 0) is 12.7 Å². The highest BCUT2D eigenvalue weighted by atomic mass is 19.4. The summed E-state index contributed by atoms with van der Waals surface area (Å²) in [6, 6.07) is 10.4. The molecule has 1 N–H and O–H groups in total. The van der Waals surface area contributed by atoms with Gasteiger partial charge in [-0.3, -0.25) is 9.69 Å². The summed E-state index contributed by atoms with van der Waals surface area (Å²) in [6.07, 6.45) is -2.80. The maximum absolute atomic E-state index is 13.9. The summed E-state index contributed by atoms with van der Waals surface area (Å²) in [5, 5.41) is 10.4. The van der Waals surface area contributed by atoms with E-state index in [2.05, 4.69) is 11.8 Å². The van der Waals surface area contributed by atoms with E-state index in [1.807, 2.05) is 0 Å². The Kier molecular flexibility index (Phi) is 5.32. The van der Waals surface area contributed by atoms with Gasteiger partial charge >= 0.3 is 6.18 Å². The number of hydrogen-bond acceptors (Lipinski definition) is 4. The van der Waals surface area contributed by atoms with Crippen molar-refractivity contribution in [2.75, 3.05) is 13.1 Å². The molecule has 2 heterocycles. The average molecular weight is 417 g/mol. The number of nitrogens with zero attached hydrogens (tertiary/aromatic N) is 1. The van der Waals surface area contributed by atoms with Gasteiger partial charge in [0.15, 0.2) is 0 Å². The molecule has 1 saturated heterocycles. The lowest BCUT2D eigenvalue weighted by atomic mass is 9.98. The fourth-order valence-corrected chi connectivity index (χ4v) is 4.18. The molecular formula is C23H22F3NO3. The quantitative estimate of drug-likeness (QED) is 0.619. The number of halogens is 3. The highest BCUT2D eigenvalue weighted by Gasteiger charge is 2.39. The molecule has 4 rings (SSSR count). The Morgan fingerprint density at radius 3 is 2.57 bits per heavy atom. The number of aromatic hydroxyl groups is 1. The molecule has 1 aliphatic heterocycles. The number of phenolic OH excluding ortho intramolecular Hbond substituents is 1. The number of rotatable bonds is 3. The van der Waals surface area contributed by atoms with Crippen molar-refractivity contribution in [3.05, 3.63) is 64.0 Å². The van der Waals surface area contributed by atoms with Crippen molar-refractivity contribution in [1.82, 2.24) is 4.90 Å². The van der Waals surface area contributed by atoms with Crippen LogP contribution in [-0.4, -0.2) is 23.1 Å². The maximum Gasteiger partial charge on any atom is 0.450 e. The average Bonchev–Trinajstić information content (AvgIpc) is 2.70. The summed E-state index contributed by atoms with van der Waals surface area (Å²) >= 11 is 0. The predicted octanol–water partition coefficient (Wildman–Crippen LogP) is 5.42. The van der Waals surface area contributed by atoms with Gasteiger partial charge in [-0.05, 0) is 43.0 Å². The fraction of sp³-hybridized carbons (Fsp3) is 0.348. The Balaban J connectivity index is 1.94. The van der Waals surface area contributed by atoms with Crippen LogP contribution in [0, 0.1) is 5.92 Å². The highest BCUT2D eigenvalue weighted by molar-refractivity contribution is 5.86. The molecule has 0 radical (unpaired) electrons. The minimum Gasteiger partial charge on any atom is -0.507 e. The van der Waals surface area contributed by atoms with Gasteiger partial charge in [0, 0.05) is 13.1 Å². The summed E-state index contributed by atoms with van der Waals surface area (Å²) in [7, 11) is 0. The van der Waals surface area contributed by atoms with Crippen molar-refractivity contribution in [3.63, 3.8) is 0 Å². The standard InChI is InChI=1S/C23H22F3NO3/c1-14-6-5-11-27(12-14)13-17-18(28)10-9-16-20(29)19(15-7-3-2-4-8-15)22(23(24,25)26)30-21(16)17/h2-4,7-10,14,28H,5-6,11-13H2,1H3/t14-/m1/s1. The number of alkyl halides is 3. The second-order valence-corrected chi connectivity index (χ2v) is 7.92. The molecule has 0 amide bonds. The van der Waals surface area contributed by atoms with Crippen molar-refractivity contribution < 1.29 is 22.7 Å². The van der Waals surface area contributed by atoms with E-state index in [0.29, 0.717) is 5.92 Å². The lowest BCUT2D eigenvalue weighted by Crippen LogP contribution is -2.33. The Hall–Kier alpha value is -2.80. The molecule has 0 unspecified atom stereocenters. The van der Waals surface area contributed by atoms with Crippen LogP contribution in [0.4, 0.5) is 13.2 Å². The highest BCUT2D eigenvalue weighted by Crippen LogP contribution is 2.39. The summed E-state index contributed by atoms with van der Waals surface area (Å²) in [5.41, 5.74) is -1.13. The second kappa shape index (κ2) is 7.80. The molecule has 7 heteroatoms. The van der Waals surface area contributed by atoms with Gasteiger partial charge < -0.3 is 9.52 Å². The van der Waals surface area contributed by atoms with E-state index >= 15 is 0 Å². The molecular weight excluding hydrogens is 395 g/mol. The van der Waals surface area contributed by atoms with Crippen LogP contribution in [0.5, 0.6) is 5.75 Å². The summed E-state index contributed by atoms with van der Waals surface area (Å²) < 4.78 is 47.0. The zero-order valence-corrected chi connectivity index (χ0v) is 16.5. The van der Waals surface area contributed by atoms with Crippen LogP contribution >= 0.6 is 0 Å². The Morgan fingerprint density at radius 1 is 1.17 bits per heavy atom. The zero-order valence-electron chi connectivity index (χ0n) is 16.5. The third kappa shape index (κ3) is 3.81. The number of phenols is 1. The van der Waals surface area contributed by atoms with Crippen LogP contribution in [0.15, 0.2) is 51.7 Å². The largest absolute Gasteiger partial charge is 0.507 e. The first-order chi connectivity index (χ1) is 14.3. The minimum absolute atomic E-state index is 0.0275. The molecule has 1 atom stereocenters. The Morgan fingerprint density at radius 2 is 1.90 bits per heavy atom. The lowest BCUT2D eigenvalue weighted by Gasteiger charge is -2.31. The first kappa shape index (κ1) is 20.5. The second-order valence-electron chi connectivity index (χ2n) is 7.92. The van der Waals surface area contributed by atoms with Crippen LogP contribution in [0.2, 0.25) is 0 Å². The number of piperidine rings is 1. The van der Waals surface area contributed by atoms with E-state index < -0.39 is 22.9 Å². The van der Waals surface area contributed by atoms with Gasteiger partial charge in [-0.25, -0.2) is 0 Å². The number of fused-ring (bicyclic) bond motifs is 1. The van der Waals surface area contributed by atoms with Crippen LogP contribution in [0.1, 0.15) is 31.1 Å². The summed E-state index contributed by atoms with van der Waals surface area (Å²) in [4.78, 5) is 15.2. The van der Waals surface area contributed by atoms with E-state index in [-0.39, 0.29) is 34.4 Å². The van der Waals surface area contributed by atoms with Crippen molar-refractivity contribution >= 4 is 11.0 Å². The smallest absolute Gasteiger partial charge is 0.450 e. The van der Waals surface area contributed by atoms with Gasteiger partial charge in [-0.2, -0.15) is 13.2 Å². The van der Waals surface area contributed by atoms with Crippen molar-refractivity contribution in [3.8, 4) is 16.9 Å². The van der Waals surface area contributed by atoms with Gasteiger partial charge in [0.1, 0.15) is 11.3 Å². The zero-order chi connectivity index (χ0) is 21.5. The molecule has 2 aromatic carbocycles. The third-order valence-electron chi connectivity index (χ3n) is 5.58. The van der Waals surface area contributed by atoms with E-state index in [0.717, 1.165) is 25.9 Å². The van der Waals surface area contributed by atoms with Crippen molar-refractivity contribution in [2.45, 2.75) is 32.5 Å². The molecule has 1 aromatic heterocycles. The monoisotopic (exact) mass is 417 g/mol. The van der Waals surface area contributed by atoms with Gasteiger partial charge in [0.05, 0.1) is 16.5 Å². The van der Waals surface area contributed by atoms with E-state index in [1.54, 1.807) is 18.2 Å². The van der Waals surface area contributed by atoms with Crippen LogP contribution in [0.25, 0.3) is 22.1 Å². The summed E-state index contributed by atoms with van der Waals surface area (Å²) in [6.45, 7) is 3.88. The number of likely N-dealkylation sites (tertiary alicyclic amines) is 1. The molecule has 0 bridgehead atoms. The van der Waals surface area contributed by atoms with E-state index in [4.69, 9.17) is 4.42 Å². The third-order valence-corrected chi connectivity index (χ3v) is 5.58. The van der Waals surface area contributed by atoms with Crippen molar-refractivity contribution in [2.24, 2.45) is 5.92 Å². The molecule has 4 nitrogen and oxygen atoms in total. The molecule has 1 fully saturated rings. The summed E-state index contributed by atoms with van der Waals surface area (Å²) in [5.74, 6) is -1.06. The van der Waals surface area contributed by atoms with Gasteiger partial charge in [-0.1, -0.05) is 37.3 Å². The van der Waals surface area contributed by atoms with Gasteiger partial charge in [0.25, 0.3) is 0 Å². The Labute approximate surface area is 171 Å². The molecule has 158 valence electrons. The van der Waals surface area contributed by atoms with E-state index in [1.165, 1.54) is 24.3 Å². The molecule has 0 spiro atoms. The molecule has 30 heavy (non-hydrogen) atoms. The first-order valence-corrected chi connectivity index (χ1v) is 9.92. The topological polar surface area (TPSA) is 53.7 Å². The van der Waals surface area contributed by atoms with Crippen LogP contribution < -0.4 is 5.43 Å². The van der Waals surface area contributed by atoms with Gasteiger partial charge in [0.2, 0.25) is 11.2 Å². The van der Waals surface area contributed by atoms with Crippen molar-refractivity contribution in [1.29, 1.82) is 0 Å². The minimum atomic E-state index is -4.86.